The lowest BCUT2D eigenvalue weighted by Crippen LogP contribution is -2.21. The van der Waals surface area contributed by atoms with E-state index in [1.54, 1.807) is 0 Å². The van der Waals surface area contributed by atoms with Crippen LogP contribution in [-0.4, -0.2) is 64.3 Å². The van der Waals surface area contributed by atoms with Crippen molar-refractivity contribution in [3.05, 3.63) is 84.7 Å². The van der Waals surface area contributed by atoms with Crippen LogP contribution in [0.1, 0.15) is 43.0 Å². The molecule has 40 heavy (non-hydrogen) atoms. The highest BCUT2D eigenvalue weighted by atomic mass is 15.2. The van der Waals surface area contributed by atoms with Gasteiger partial charge in [-0.3, -0.25) is 4.90 Å². The maximum atomic E-state index is 6.13. The van der Waals surface area contributed by atoms with Crippen LogP contribution < -0.4 is 5.73 Å². The van der Waals surface area contributed by atoms with E-state index < -0.39 is 0 Å². The standard InChI is InChI=1S/C32H34BN7/c1-39-19-20(16-34)13-30(39)32-36-17-27(37-32)22-6-4-21(5-7-22)23-8-9-25-15-26(11-10-24(25)14-23)28-18-35-31(38-28)29-3-2-12-40(29)33/h4-11,14-15,17-18,20,29-30H,2-3,12-13,16,19,34H2,1H3,(H,35,38)(H,36,37)/t20-,29+,30+/m1/s1. The number of aromatic amines is 2. The van der Waals surface area contributed by atoms with Gasteiger partial charge in [-0.05, 0) is 84.9 Å². The molecule has 0 saturated carbocycles. The van der Waals surface area contributed by atoms with E-state index in [4.69, 9.17) is 18.7 Å². The van der Waals surface area contributed by atoms with E-state index in [1.165, 1.54) is 21.9 Å². The monoisotopic (exact) mass is 527 g/mol. The zero-order valence-electron chi connectivity index (χ0n) is 22.8. The summed E-state index contributed by atoms with van der Waals surface area (Å²) in [5.74, 6) is 2.51. The molecule has 4 N–H and O–H groups in total. The van der Waals surface area contributed by atoms with Crippen LogP contribution in [0.2, 0.25) is 0 Å². The minimum Gasteiger partial charge on any atom is -0.345 e. The molecular weight excluding hydrogens is 493 g/mol. The maximum Gasteiger partial charge on any atom is 0.183 e. The van der Waals surface area contributed by atoms with Gasteiger partial charge in [-0.15, -0.1) is 0 Å². The predicted molar refractivity (Wildman–Crippen MR) is 162 cm³/mol. The number of hydrogen-bond donors (Lipinski definition) is 3. The maximum absolute atomic E-state index is 6.13. The molecule has 7 rings (SSSR count). The molecule has 3 atom stereocenters. The van der Waals surface area contributed by atoms with Gasteiger partial charge in [0.25, 0.3) is 0 Å². The van der Waals surface area contributed by atoms with Crippen molar-refractivity contribution >= 4 is 18.8 Å². The van der Waals surface area contributed by atoms with Crippen LogP contribution in [0.3, 0.4) is 0 Å². The first-order valence-electron chi connectivity index (χ1n) is 14.2. The molecule has 2 aromatic heterocycles. The Morgan fingerprint density at radius 3 is 2.08 bits per heavy atom. The Kier molecular flexibility index (Phi) is 6.54. The van der Waals surface area contributed by atoms with Crippen LogP contribution in [0, 0.1) is 5.92 Å². The summed E-state index contributed by atoms with van der Waals surface area (Å²) in [7, 11) is 8.29. The highest BCUT2D eigenvalue weighted by Crippen LogP contribution is 2.34. The third kappa shape index (κ3) is 4.66. The van der Waals surface area contributed by atoms with Crippen LogP contribution >= 0.6 is 0 Å². The van der Waals surface area contributed by atoms with Gasteiger partial charge in [-0.25, -0.2) is 9.97 Å². The van der Waals surface area contributed by atoms with Crippen LogP contribution in [0.15, 0.2) is 73.1 Å². The minimum absolute atomic E-state index is 0.177. The van der Waals surface area contributed by atoms with Gasteiger partial charge >= 0.3 is 0 Å². The summed E-state index contributed by atoms with van der Waals surface area (Å²) in [5, 5.41) is 2.41. The molecular formula is C32H34BN7. The topological polar surface area (TPSA) is 89.9 Å². The lowest BCUT2D eigenvalue weighted by atomic mass is 9.98. The lowest BCUT2D eigenvalue weighted by Gasteiger charge is -2.17. The van der Waals surface area contributed by atoms with Crippen molar-refractivity contribution in [3.63, 3.8) is 0 Å². The fourth-order valence-electron chi connectivity index (χ4n) is 6.42. The number of benzene rings is 3. The van der Waals surface area contributed by atoms with E-state index in [0.717, 1.165) is 73.1 Å². The molecule has 0 bridgehead atoms. The van der Waals surface area contributed by atoms with Gasteiger partial charge in [0.05, 0.1) is 35.9 Å². The molecule has 0 unspecified atom stereocenters. The van der Waals surface area contributed by atoms with Gasteiger partial charge < -0.3 is 20.5 Å². The lowest BCUT2D eigenvalue weighted by molar-refractivity contribution is 0.304. The van der Waals surface area contributed by atoms with Crippen molar-refractivity contribution in [1.29, 1.82) is 0 Å². The normalized spacial score (nSPS) is 22.0. The van der Waals surface area contributed by atoms with Crippen LogP contribution in [0.4, 0.5) is 0 Å². The van der Waals surface area contributed by atoms with Gasteiger partial charge in [0.1, 0.15) is 11.6 Å². The molecule has 0 amide bonds. The van der Waals surface area contributed by atoms with E-state index in [1.807, 2.05) is 17.2 Å². The molecule has 3 aromatic carbocycles. The van der Waals surface area contributed by atoms with E-state index in [9.17, 15) is 0 Å². The molecule has 4 heterocycles. The van der Waals surface area contributed by atoms with E-state index in [-0.39, 0.29) is 6.04 Å². The largest absolute Gasteiger partial charge is 0.345 e. The van der Waals surface area contributed by atoms with Crippen molar-refractivity contribution in [2.75, 3.05) is 26.7 Å². The molecule has 2 aliphatic heterocycles. The average Bonchev–Trinajstić information content (AvgIpc) is 3.79. The quantitative estimate of drug-likeness (QED) is 0.255. The van der Waals surface area contributed by atoms with Crippen LogP contribution in [0.5, 0.6) is 0 Å². The summed E-state index contributed by atoms with van der Waals surface area (Å²) < 4.78 is 0. The number of nitrogens with two attached hydrogens (primary N) is 1. The Morgan fingerprint density at radius 2 is 1.43 bits per heavy atom. The summed E-state index contributed by atoms with van der Waals surface area (Å²) in [4.78, 5) is 20.6. The number of rotatable bonds is 6. The predicted octanol–water partition coefficient (Wildman–Crippen LogP) is 5.46. The Morgan fingerprint density at radius 1 is 0.825 bits per heavy atom. The van der Waals surface area contributed by atoms with E-state index >= 15 is 0 Å². The number of aromatic nitrogens is 4. The molecule has 7 nitrogen and oxygen atoms in total. The van der Waals surface area contributed by atoms with Crippen LogP contribution in [-0.2, 0) is 0 Å². The summed E-state index contributed by atoms with van der Waals surface area (Å²) in [6, 6.07) is 22.4. The number of fused-ring (bicyclic) bond motifs is 1. The Bertz CT molecular complexity index is 1640. The number of nitrogens with zero attached hydrogens (tertiary/aromatic N) is 4. The Labute approximate surface area is 236 Å². The van der Waals surface area contributed by atoms with Crippen molar-refractivity contribution in [3.8, 4) is 33.6 Å². The smallest absolute Gasteiger partial charge is 0.183 e. The second-order valence-electron chi connectivity index (χ2n) is 11.4. The van der Waals surface area contributed by atoms with Crippen molar-refractivity contribution in [2.24, 2.45) is 11.7 Å². The van der Waals surface area contributed by atoms with E-state index in [2.05, 4.69) is 87.6 Å². The fourth-order valence-corrected chi connectivity index (χ4v) is 6.42. The summed E-state index contributed by atoms with van der Waals surface area (Å²) in [6.45, 7) is 2.67. The molecule has 2 radical (unpaired) electrons. The molecule has 5 aromatic rings. The molecule has 0 aliphatic carbocycles. The van der Waals surface area contributed by atoms with Gasteiger partial charge in [0.15, 0.2) is 7.98 Å². The fraction of sp³-hybridized carbons (Fsp3) is 0.312. The molecule has 2 saturated heterocycles. The number of hydrogen-bond acceptors (Lipinski definition) is 5. The van der Waals surface area contributed by atoms with Gasteiger partial charge in [-0.2, -0.15) is 0 Å². The van der Waals surface area contributed by atoms with Crippen molar-refractivity contribution < 1.29 is 0 Å². The van der Waals surface area contributed by atoms with Crippen molar-refractivity contribution in [2.45, 2.75) is 31.3 Å². The molecule has 2 fully saturated rings. The number of imidazole rings is 2. The average molecular weight is 527 g/mol. The molecule has 0 spiro atoms. The number of H-pyrrole nitrogens is 2. The Balaban J connectivity index is 1.08. The first-order chi connectivity index (χ1) is 19.6. The molecule has 2 aliphatic rings. The summed E-state index contributed by atoms with van der Waals surface area (Å²) in [6.07, 6.45) is 7.07. The number of nitrogens with one attached hydrogen (secondary N) is 2. The Hall–Kier alpha value is -3.72. The zero-order chi connectivity index (χ0) is 27.2. The van der Waals surface area contributed by atoms with Gasteiger partial charge in [0, 0.05) is 12.1 Å². The van der Waals surface area contributed by atoms with Crippen LogP contribution in [0.25, 0.3) is 44.4 Å². The van der Waals surface area contributed by atoms with Gasteiger partial charge in [0.2, 0.25) is 0 Å². The zero-order valence-corrected chi connectivity index (χ0v) is 22.8. The van der Waals surface area contributed by atoms with Gasteiger partial charge in [-0.1, -0.05) is 48.5 Å². The first kappa shape index (κ1) is 25.3. The summed E-state index contributed by atoms with van der Waals surface area (Å²) in [5.41, 5.74) is 12.6. The second kappa shape index (κ2) is 10.4. The minimum atomic E-state index is 0.177. The SMILES string of the molecule is [B]N1CCC[C@H]1c1ncc(-c2ccc3cc(-c4ccc(-c5cnc([C@@H]6C[C@H](CN)CN6C)[nH]5)cc4)ccc3c2)[nH]1. The van der Waals surface area contributed by atoms with E-state index in [0.29, 0.717) is 12.0 Å². The highest BCUT2D eigenvalue weighted by Gasteiger charge is 2.31. The second-order valence-corrected chi connectivity index (χ2v) is 11.4. The third-order valence-electron chi connectivity index (χ3n) is 8.77. The van der Waals surface area contributed by atoms with Crippen molar-refractivity contribution in [1.82, 2.24) is 29.6 Å². The summed E-state index contributed by atoms with van der Waals surface area (Å²) >= 11 is 0. The highest BCUT2D eigenvalue weighted by molar-refractivity contribution is 6.04. The molecule has 8 heteroatoms. The third-order valence-corrected chi connectivity index (χ3v) is 8.77. The first-order valence-corrected chi connectivity index (χ1v) is 14.2. The number of likely N-dealkylation sites (tertiary alicyclic amines) is 1. The molecule has 200 valence electrons.